The highest BCUT2D eigenvalue weighted by atomic mass is 16.6. The van der Waals surface area contributed by atoms with Crippen molar-refractivity contribution in [3.8, 4) is 0 Å². The summed E-state index contributed by atoms with van der Waals surface area (Å²) in [5.41, 5.74) is -0.0689. The summed E-state index contributed by atoms with van der Waals surface area (Å²) in [5, 5.41) is 18.6. The summed E-state index contributed by atoms with van der Waals surface area (Å²) in [5.74, 6) is -1.09. The number of nitrogens with zero attached hydrogens (tertiary/aromatic N) is 2. The molecule has 0 atom stereocenters. The molecule has 0 aliphatic heterocycles. The van der Waals surface area contributed by atoms with Gasteiger partial charge in [0, 0.05) is 12.1 Å². The van der Waals surface area contributed by atoms with E-state index in [2.05, 4.69) is 27.7 Å². The maximum Gasteiger partial charge on any atom is 0.335 e. The second-order valence-corrected chi connectivity index (χ2v) is 4.72. The van der Waals surface area contributed by atoms with E-state index in [0.717, 1.165) is 12.1 Å². The van der Waals surface area contributed by atoms with Crippen LogP contribution in [0, 0.1) is 10.1 Å². The lowest BCUT2D eigenvalue weighted by molar-refractivity contribution is -0.921. The Kier molecular flexibility index (Phi) is 8.23. The Bertz CT molecular complexity index is 403. The molecule has 0 fully saturated rings. The molecule has 1 aromatic rings. The van der Waals surface area contributed by atoms with Gasteiger partial charge < -0.3 is 9.59 Å². The molecule has 1 rings (SSSR count). The summed E-state index contributed by atoms with van der Waals surface area (Å²) in [6.45, 7) is 14.2. The fourth-order valence-corrected chi connectivity index (χ4v) is 2.07. The fraction of sp³-hybridized carbons (Fsp3) is 0.533. The average molecular weight is 297 g/mol. The Labute approximate surface area is 125 Å². The molecule has 0 aliphatic rings. The van der Waals surface area contributed by atoms with E-state index in [1.807, 2.05) is 0 Å². The molecule has 1 N–H and O–H groups in total. The Balaban J connectivity index is 0.000000400. The average Bonchev–Trinajstić information content (AvgIpc) is 2.51. The van der Waals surface area contributed by atoms with Crippen molar-refractivity contribution in [2.24, 2.45) is 0 Å². The number of hydrogen-bond donors (Lipinski definition) is 1. The first-order chi connectivity index (χ1) is 9.85. The van der Waals surface area contributed by atoms with Crippen molar-refractivity contribution in [1.29, 1.82) is 0 Å². The molecular weight excluding hydrogens is 272 g/mol. The topological polar surface area (TPSA) is 80.4 Å². The molecule has 6 heteroatoms. The van der Waals surface area contributed by atoms with Crippen molar-refractivity contribution in [2.75, 3.05) is 26.2 Å². The van der Waals surface area contributed by atoms with Crippen LogP contribution in [-0.2, 0) is 0 Å². The molecule has 0 amide bonds. The van der Waals surface area contributed by atoms with E-state index in [0.29, 0.717) is 0 Å². The third kappa shape index (κ3) is 5.91. The molecule has 0 saturated carbocycles. The SMILES string of the molecule is CC[N+](CC)(CC)CC.O=C(O)c1ccc([N+](=O)[O-])cc1. The van der Waals surface area contributed by atoms with Gasteiger partial charge in [0.1, 0.15) is 0 Å². The van der Waals surface area contributed by atoms with Gasteiger partial charge in [-0.1, -0.05) is 0 Å². The fourth-order valence-electron chi connectivity index (χ4n) is 2.07. The Hall–Kier alpha value is -1.95. The largest absolute Gasteiger partial charge is 0.478 e. The molecule has 118 valence electrons. The zero-order valence-electron chi connectivity index (χ0n) is 13.2. The number of benzene rings is 1. The van der Waals surface area contributed by atoms with E-state index in [-0.39, 0.29) is 11.3 Å². The summed E-state index contributed by atoms with van der Waals surface area (Å²) >= 11 is 0. The minimum Gasteiger partial charge on any atom is -0.478 e. The van der Waals surface area contributed by atoms with Gasteiger partial charge in [0.15, 0.2) is 0 Å². The van der Waals surface area contributed by atoms with Crippen molar-refractivity contribution >= 4 is 11.7 Å². The van der Waals surface area contributed by atoms with Crippen LogP contribution in [0.4, 0.5) is 5.69 Å². The molecule has 0 heterocycles. The highest BCUT2D eigenvalue weighted by molar-refractivity contribution is 5.87. The third-order valence-corrected chi connectivity index (χ3v) is 4.01. The number of hydrogen-bond acceptors (Lipinski definition) is 3. The highest BCUT2D eigenvalue weighted by Crippen LogP contribution is 2.11. The number of nitro groups is 1. The van der Waals surface area contributed by atoms with Crippen LogP contribution in [0.3, 0.4) is 0 Å². The van der Waals surface area contributed by atoms with Crippen molar-refractivity contribution in [2.45, 2.75) is 27.7 Å². The van der Waals surface area contributed by atoms with E-state index < -0.39 is 10.9 Å². The van der Waals surface area contributed by atoms with Gasteiger partial charge in [0.05, 0.1) is 36.7 Å². The minimum atomic E-state index is -1.09. The van der Waals surface area contributed by atoms with Crippen molar-refractivity contribution in [1.82, 2.24) is 0 Å². The number of aromatic carboxylic acids is 1. The molecule has 1 aromatic carbocycles. The van der Waals surface area contributed by atoms with Crippen LogP contribution in [0.2, 0.25) is 0 Å². The van der Waals surface area contributed by atoms with Crippen LogP contribution in [-0.4, -0.2) is 46.7 Å². The number of quaternary nitrogens is 1. The molecule has 0 aliphatic carbocycles. The number of carboxylic acid groups (broad SMARTS) is 1. The third-order valence-electron chi connectivity index (χ3n) is 4.01. The lowest BCUT2D eigenvalue weighted by Gasteiger charge is -2.34. The molecule has 0 unspecified atom stereocenters. The first-order valence-corrected chi connectivity index (χ1v) is 7.18. The maximum absolute atomic E-state index is 10.3. The molecule has 6 nitrogen and oxygen atoms in total. The highest BCUT2D eigenvalue weighted by Gasteiger charge is 2.16. The minimum absolute atomic E-state index is 0.0422. The molecule has 0 aromatic heterocycles. The standard InChI is InChI=1S/C8H20N.C7H5NO4/c1-5-9(6-2,7-3)8-4;9-7(10)5-1-3-6(4-2-5)8(11)12/h5-8H2,1-4H3;1-4H,(H,9,10)/q+1;. The lowest BCUT2D eigenvalue weighted by Crippen LogP contribution is -2.47. The smallest absolute Gasteiger partial charge is 0.335 e. The number of non-ortho nitro benzene ring substituents is 1. The number of carboxylic acids is 1. The summed E-state index contributed by atoms with van der Waals surface area (Å²) in [7, 11) is 0. The van der Waals surface area contributed by atoms with Gasteiger partial charge in [-0.2, -0.15) is 0 Å². The van der Waals surface area contributed by atoms with Crippen molar-refractivity contribution in [3.63, 3.8) is 0 Å². The molecule has 0 radical (unpaired) electrons. The first-order valence-electron chi connectivity index (χ1n) is 7.18. The lowest BCUT2D eigenvalue weighted by atomic mass is 10.2. The van der Waals surface area contributed by atoms with Crippen LogP contribution in [0.25, 0.3) is 0 Å². The van der Waals surface area contributed by atoms with E-state index in [1.54, 1.807) is 0 Å². The Morgan fingerprint density at radius 3 is 1.62 bits per heavy atom. The molecule has 0 saturated heterocycles. The molecule has 21 heavy (non-hydrogen) atoms. The van der Waals surface area contributed by atoms with Crippen LogP contribution < -0.4 is 0 Å². The predicted molar refractivity (Wildman–Crippen MR) is 82.5 cm³/mol. The summed E-state index contributed by atoms with van der Waals surface area (Å²) < 4.78 is 1.28. The zero-order chi connectivity index (χ0) is 16.5. The first kappa shape index (κ1) is 19.1. The second-order valence-electron chi connectivity index (χ2n) is 4.72. The number of rotatable bonds is 6. The summed E-state index contributed by atoms with van der Waals surface area (Å²) in [6.07, 6.45) is 0. The van der Waals surface area contributed by atoms with Gasteiger partial charge >= 0.3 is 5.97 Å². The van der Waals surface area contributed by atoms with Gasteiger partial charge in [-0.05, 0) is 39.8 Å². The predicted octanol–water partition coefficient (Wildman–Crippen LogP) is 3.18. The van der Waals surface area contributed by atoms with Gasteiger partial charge in [0.2, 0.25) is 0 Å². The van der Waals surface area contributed by atoms with Crippen LogP contribution >= 0.6 is 0 Å². The summed E-state index contributed by atoms with van der Waals surface area (Å²) in [6, 6.07) is 4.70. The van der Waals surface area contributed by atoms with Gasteiger partial charge in [0.25, 0.3) is 5.69 Å². The zero-order valence-corrected chi connectivity index (χ0v) is 13.2. The molecule has 0 bridgehead atoms. The quantitative estimate of drug-likeness (QED) is 0.497. The normalized spacial score (nSPS) is 10.5. The second kappa shape index (κ2) is 9.07. The van der Waals surface area contributed by atoms with Gasteiger partial charge in [-0.15, -0.1) is 0 Å². The molecular formula is C15H25N2O4+. The molecule has 0 spiro atoms. The van der Waals surface area contributed by atoms with Crippen LogP contribution in [0.1, 0.15) is 38.1 Å². The summed E-state index contributed by atoms with van der Waals surface area (Å²) in [4.78, 5) is 19.9. The maximum atomic E-state index is 10.3. The van der Waals surface area contributed by atoms with Crippen LogP contribution in [0.15, 0.2) is 24.3 Å². The van der Waals surface area contributed by atoms with E-state index in [4.69, 9.17) is 5.11 Å². The van der Waals surface area contributed by atoms with Crippen molar-refractivity contribution in [3.05, 3.63) is 39.9 Å². The monoisotopic (exact) mass is 297 g/mol. The number of carbonyl (C=O) groups is 1. The van der Waals surface area contributed by atoms with Gasteiger partial charge in [-0.3, -0.25) is 10.1 Å². The van der Waals surface area contributed by atoms with Crippen LogP contribution in [0.5, 0.6) is 0 Å². The van der Waals surface area contributed by atoms with E-state index in [1.165, 1.54) is 42.8 Å². The van der Waals surface area contributed by atoms with Crippen molar-refractivity contribution < 1.29 is 19.3 Å². The Morgan fingerprint density at radius 2 is 1.43 bits per heavy atom. The van der Waals surface area contributed by atoms with E-state index in [9.17, 15) is 14.9 Å². The number of nitro benzene ring substituents is 1. The Morgan fingerprint density at radius 1 is 1.05 bits per heavy atom. The van der Waals surface area contributed by atoms with Gasteiger partial charge in [-0.25, -0.2) is 4.79 Å². The van der Waals surface area contributed by atoms with E-state index >= 15 is 0 Å².